The van der Waals surface area contributed by atoms with E-state index in [-0.39, 0.29) is 35.7 Å². The smallest absolute Gasteiger partial charge is 0.290 e. The normalized spacial score (nSPS) is 13.1. The first kappa shape index (κ1) is 19.7. The lowest BCUT2D eigenvalue weighted by atomic mass is 10.1. The Balaban J connectivity index is 1.48. The van der Waals surface area contributed by atoms with Crippen molar-refractivity contribution < 1.29 is 14.0 Å². The fraction of sp³-hybridized carbons (Fsp3) is 0.261. The first-order valence-corrected chi connectivity index (χ1v) is 9.91. The Kier molecular flexibility index (Phi) is 5.52. The molecule has 0 saturated heterocycles. The van der Waals surface area contributed by atoms with E-state index in [0.29, 0.717) is 17.9 Å². The molecule has 0 bridgehead atoms. The summed E-state index contributed by atoms with van der Waals surface area (Å²) in [5.41, 5.74) is 1.41. The number of furan rings is 1. The van der Waals surface area contributed by atoms with Gasteiger partial charge in [-0.05, 0) is 48.7 Å². The van der Waals surface area contributed by atoms with E-state index in [1.165, 1.54) is 10.6 Å². The fourth-order valence-corrected chi connectivity index (χ4v) is 3.33. The second-order valence-corrected chi connectivity index (χ2v) is 7.37. The Morgan fingerprint density at radius 3 is 2.53 bits per heavy atom. The quantitative estimate of drug-likeness (QED) is 0.655. The number of pyridine rings is 1. The summed E-state index contributed by atoms with van der Waals surface area (Å²) >= 11 is 0. The van der Waals surface area contributed by atoms with Crippen LogP contribution in [0.4, 0.5) is 0 Å². The topological polar surface area (TPSA) is 84.5 Å². The highest BCUT2D eigenvalue weighted by Gasteiger charge is 2.34. The predicted molar refractivity (Wildman–Crippen MR) is 111 cm³/mol. The first-order valence-electron chi connectivity index (χ1n) is 9.91. The van der Waals surface area contributed by atoms with Crippen molar-refractivity contribution in [3.63, 3.8) is 0 Å². The molecule has 0 radical (unpaired) electrons. The van der Waals surface area contributed by atoms with Crippen molar-refractivity contribution in [1.82, 2.24) is 14.8 Å². The number of nitrogens with one attached hydrogen (secondary N) is 1. The average Bonchev–Trinajstić information content (AvgIpc) is 3.51. The number of amides is 2. The van der Waals surface area contributed by atoms with Crippen molar-refractivity contribution in [2.75, 3.05) is 7.05 Å². The van der Waals surface area contributed by atoms with Crippen LogP contribution >= 0.6 is 0 Å². The van der Waals surface area contributed by atoms with Gasteiger partial charge in [0.05, 0.1) is 6.54 Å². The first-order chi connectivity index (χ1) is 14.5. The number of benzene rings is 1. The van der Waals surface area contributed by atoms with E-state index in [1.54, 1.807) is 49.6 Å². The van der Waals surface area contributed by atoms with Crippen LogP contribution in [-0.2, 0) is 13.1 Å². The minimum Gasteiger partial charge on any atom is -0.454 e. The van der Waals surface area contributed by atoms with E-state index >= 15 is 0 Å². The van der Waals surface area contributed by atoms with Crippen molar-refractivity contribution in [1.29, 1.82) is 0 Å². The standard InChI is InChI=1S/C23H23N3O4/c1-24-22(28)17-7-5-16(6-8-17)14-26(18-9-10-18)23(29)20-12-11-19(30-20)15-25-13-3-2-4-21(25)27/h2-8,11-13,18H,9-10,14-15H2,1H3,(H,24,28). The van der Waals surface area contributed by atoms with Crippen LogP contribution in [0.15, 0.2) is 70.0 Å². The van der Waals surface area contributed by atoms with Crippen molar-refractivity contribution in [2.45, 2.75) is 32.0 Å². The summed E-state index contributed by atoms with van der Waals surface area (Å²) < 4.78 is 7.29. The SMILES string of the molecule is CNC(=O)c1ccc(CN(C(=O)c2ccc(Cn3ccccc3=O)o2)C2CC2)cc1. The lowest BCUT2D eigenvalue weighted by molar-refractivity contribution is 0.0695. The maximum Gasteiger partial charge on any atom is 0.290 e. The lowest BCUT2D eigenvalue weighted by Gasteiger charge is -2.21. The lowest BCUT2D eigenvalue weighted by Crippen LogP contribution is -2.32. The van der Waals surface area contributed by atoms with Crippen LogP contribution in [0.5, 0.6) is 0 Å². The molecule has 1 saturated carbocycles. The summed E-state index contributed by atoms with van der Waals surface area (Å²) in [5.74, 6) is 0.511. The molecule has 7 heteroatoms. The summed E-state index contributed by atoms with van der Waals surface area (Å²) in [4.78, 5) is 38.5. The molecule has 1 aliphatic carbocycles. The van der Waals surface area contributed by atoms with Crippen molar-refractivity contribution in [3.8, 4) is 0 Å². The second kappa shape index (κ2) is 8.41. The minimum absolute atomic E-state index is 0.124. The Bertz CT molecular complexity index is 1110. The molecule has 2 amide bonds. The van der Waals surface area contributed by atoms with Crippen LogP contribution in [0.25, 0.3) is 0 Å². The molecule has 1 aliphatic rings. The number of hydrogen-bond acceptors (Lipinski definition) is 4. The molecule has 7 nitrogen and oxygen atoms in total. The second-order valence-electron chi connectivity index (χ2n) is 7.37. The zero-order chi connectivity index (χ0) is 21.1. The van der Waals surface area contributed by atoms with Gasteiger partial charge in [0, 0.05) is 37.5 Å². The molecular weight excluding hydrogens is 382 g/mol. The van der Waals surface area contributed by atoms with Gasteiger partial charge in [0.15, 0.2) is 5.76 Å². The molecule has 3 aromatic rings. The average molecular weight is 405 g/mol. The monoisotopic (exact) mass is 405 g/mol. The van der Waals surface area contributed by atoms with Gasteiger partial charge in [0.2, 0.25) is 0 Å². The van der Waals surface area contributed by atoms with E-state index in [1.807, 2.05) is 17.0 Å². The molecule has 1 aromatic carbocycles. The molecule has 0 unspecified atom stereocenters. The van der Waals surface area contributed by atoms with Crippen LogP contribution in [0.3, 0.4) is 0 Å². The molecule has 4 rings (SSSR count). The zero-order valence-electron chi connectivity index (χ0n) is 16.7. The van der Waals surface area contributed by atoms with Crippen LogP contribution in [0.2, 0.25) is 0 Å². The third-order valence-electron chi connectivity index (χ3n) is 5.14. The van der Waals surface area contributed by atoms with E-state index in [4.69, 9.17) is 4.42 Å². The molecule has 0 atom stereocenters. The van der Waals surface area contributed by atoms with Crippen LogP contribution in [0, 0.1) is 0 Å². The van der Waals surface area contributed by atoms with E-state index < -0.39 is 0 Å². The summed E-state index contributed by atoms with van der Waals surface area (Å²) in [6.07, 6.45) is 3.62. The number of carbonyl (C=O) groups is 2. The highest BCUT2D eigenvalue weighted by atomic mass is 16.4. The van der Waals surface area contributed by atoms with E-state index in [0.717, 1.165) is 18.4 Å². The highest BCUT2D eigenvalue weighted by molar-refractivity contribution is 5.94. The van der Waals surface area contributed by atoms with E-state index in [2.05, 4.69) is 5.32 Å². The third-order valence-corrected chi connectivity index (χ3v) is 5.14. The van der Waals surface area contributed by atoms with Gasteiger partial charge in [0.1, 0.15) is 5.76 Å². The van der Waals surface area contributed by atoms with Gasteiger partial charge in [-0.2, -0.15) is 0 Å². The molecule has 2 aromatic heterocycles. The molecule has 0 aliphatic heterocycles. The molecule has 0 spiro atoms. The van der Waals surface area contributed by atoms with Crippen molar-refractivity contribution in [3.05, 3.63) is 93.8 Å². The summed E-state index contributed by atoms with van der Waals surface area (Å²) in [5, 5.41) is 2.60. The Morgan fingerprint density at radius 2 is 1.87 bits per heavy atom. The largest absolute Gasteiger partial charge is 0.454 e. The number of hydrogen-bond donors (Lipinski definition) is 1. The number of rotatable bonds is 7. The number of nitrogens with zero attached hydrogens (tertiary/aromatic N) is 2. The summed E-state index contributed by atoms with van der Waals surface area (Å²) in [7, 11) is 1.59. The van der Waals surface area contributed by atoms with Crippen LogP contribution in [-0.4, -0.2) is 34.4 Å². The number of carbonyl (C=O) groups excluding carboxylic acids is 2. The molecule has 1 fully saturated rings. The molecular formula is C23H23N3O4. The van der Waals surface area contributed by atoms with Gasteiger partial charge < -0.3 is 19.2 Å². The maximum atomic E-state index is 13.1. The maximum absolute atomic E-state index is 13.1. The minimum atomic E-state index is -0.167. The predicted octanol–water partition coefficient (Wildman–Crippen LogP) is 2.65. The molecule has 154 valence electrons. The summed E-state index contributed by atoms with van der Waals surface area (Å²) in [6.45, 7) is 0.725. The van der Waals surface area contributed by atoms with Gasteiger partial charge in [-0.1, -0.05) is 18.2 Å². The molecule has 2 heterocycles. The highest BCUT2D eigenvalue weighted by Crippen LogP contribution is 2.30. The van der Waals surface area contributed by atoms with Gasteiger partial charge in [0.25, 0.3) is 17.4 Å². The zero-order valence-corrected chi connectivity index (χ0v) is 16.7. The van der Waals surface area contributed by atoms with Crippen LogP contribution in [0.1, 0.15) is 45.1 Å². The van der Waals surface area contributed by atoms with Gasteiger partial charge >= 0.3 is 0 Å². The fourth-order valence-electron chi connectivity index (χ4n) is 3.33. The third kappa shape index (κ3) is 4.35. The van der Waals surface area contributed by atoms with Gasteiger partial charge in [-0.3, -0.25) is 14.4 Å². The van der Waals surface area contributed by atoms with Gasteiger partial charge in [-0.15, -0.1) is 0 Å². The molecule has 30 heavy (non-hydrogen) atoms. The molecule has 1 N–H and O–H groups in total. The van der Waals surface area contributed by atoms with Gasteiger partial charge in [-0.25, -0.2) is 0 Å². The Labute approximate surface area is 173 Å². The summed E-state index contributed by atoms with van der Waals surface area (Å²) in [6, 6.07) is 15.8. The Morgan fingerprint density at radius 1 is 1.10 bits per heavy atom. The Hall–Kier alpha value is -3.61. The van der Waals surface area contributed by atoms with Crippen molar-refractivity contribution >= 4 is 11.8 Å². The number of aromatic nitrogens is 1. The van der Waals surface area contributed by atoms with Crippen LogP contribution < -0.4 is 10.9 Å². The van der Waals surface area contributed by atoms with E-state index in [9.17, 15) is 14.4 Å². The van der Waals surface area contributed by atoms with Crippen molar-refractivity contribution in [2.24, 2.45) is 0 Å².